The lowest BCUT2D eigenvalue weighted by Crippen LogP contribution is -2.14. The molecule has 0 N–H and O–H groups in total. The van der Waals surface area contributed by atoms with Crippen LogP contribution in [0.2, 0.25) is 0 Å². The number of hydrogen-bond donors (Lipinski definition) is 0. The van der Waals surface area contributed by atoms with Crippen LogP contribution in [0.4, 0.5) is 68.2 Å². The number of allylic oxidation sites excluding steroid dienone is 1. The van der Waals surface area contributed by atoms with E-state index in [1.54, 1.807) is 0 Å². The normalized spacial score (nSPS) is 11.8. The van der Waals surface area contributed by atoms with Crippen LogP contribution in [0.25, 0.3) is 27.6 Å². The van der Waals surface area contributed by atoms with Crippen LogP contribution in [0.1, 0.15) is 17.5 Å². The van der Waals surface area contributed by atoms with E-state index in [4.69, 9.17) is 0 Å². The third-order valence-corrected chi connectivity index (χ3v) is 13.4. The van der Waals surface area contributed by atoms with Crippen LogP contribution in [0.15, 0.2) is 273 Å². The first kappa shape index (κ1) is 42.2. The number of hydrogen-bond acceptors (Lipinski definition) is 4. The van der Waals surface area contributed by atoms with E-state index in [2.05, 4.69) is 299 Å². The molecule has 0 saturated carbocycles. The average Bonchev–Trinajstić information content (AvgIpc) is 3.43. The number of anilines is 12. The number of benzene rings is 11. The molecule has 0 unspecified atom stereocenters. The molecule has 0 atom stereocenters. The predicted octanol–water partition coefficient (Wildman–Crippen LogP) is 18.8. The average molecular weight is 899 g/mol. The Kier molecular flexibility index (Phi) is 11.4. The van der Waals surface area contributed by atoms with Crippen molar-refractivity contribution in [1.29, 1.82) is 0 Å². The highest BCUT2D eigenvalue weighted by atomic mass is 15.2. The molecule has 0 heterocycles. The molecule has 70 heavy (non-hydrogen) atoms. The molecule has 0 radical (unpaired) electrons. The first-order valence-electron chi connectivity index (χ1n) is 24.1. The minimum atomic E-state index is 1.05. The van der Waals surface area contributed by atoms with Crippen LogP contribution in [-0.4, -0.2) is 0 Å². The van der Waals surface area contributed by atoms with Crippen molar-refractivity contribution in [3.63, 3.8) is 0 Å². The third-order valence-electron chi connectivity index (χ3n) is 13.4. The van der Waals surface area contributed by atoms with Gasteiger partial charge in [0.1, 0.15) is 0 Å². The summed E-state index contributed by atoms with van der Waals surface area (Å²) in [5.41, 5.74) is 15.7. The predicted molar refractivity (Wildman–Crippen MR) is 298 cm³/mol. The van der Waals surface area contributed by atoms with Crippen molar-refractivity contribution in [1.82, 2.24) is 0 Å². The molecule has 0 amide bonds. The Labute approximate surface area is 410 Å². The van der Waals surface area contributed by atoms with Gasteiger partial charge in [0.05, 0.1) is 0 Å². The fourth-order valence-corrected chi connectivity index (χ4v) is 9.96. The molecular formula is C66H50N4. The van der Waals surface area contributed by atoms with Crippen LogP contribution in [-0.2, 0) is 6.42 Å². The summed E-state index contributed by atoms with van der Waals surface area (Å²) in [5, 5.41) is 4.85. The second-order valence-electron chi connectivity index (χ2n) is 17.8. The molecule has 12 rings (SSSR count). The topological polar surface area (TPSA) is 13.0 Å². The third kappa shape index (κ3) is 8.44. The van der Waals surface area contributed by atoms with Crippen LogP contribution >= 0.6 is 0 Å². The largest absolute Gasteiger partial charge is 0.310 e. The lowest BCUT2D eigenvalue weighted by molar-refractivity contribution is 0.985. The van der Waals surface area contributed by atoms with E-state index in [1.807, 2.05) is 0 Å². The van der Waals surface area contributed by atoms with Gasteiger partial charge in [0.15, 0.2) is 0 Å². The summed E-state index contributed by atoms with van der Waals surface area (Å²) >= 11 is 0. The Morgan fingerprint density at radius 2 is 0.514 bits per heavy atom. The van der Waals surface area contributed by atoms with Crippen molar-refractivity contribution in [2.75, 3.05) is 19.6 Å². The molecule has 11 aromatic rings. The van der Waals surface area contributed by atoms with Gasteiger partial charge in [-0.05, 0) is 191 Å². The number of nitrogens with zero attached hydrogens (tertiary/aromatic N) is 4. The zero-order valence-electron chi connectivity index (χ0n) is 38.8. The summed E-state index contributed by atoms with van der Waals surface area (Å²) in [6.45, 7) is 0. The quantitative estimate of drug-likeness (QED) is 0.121. The van der Waals surface area contributed by atoms with E-state index in [-0.39, 0.29) is 0 Å². The minimum Gasteiger partial charge on any atom is -0.310 e. The summed E-state index contributed by atoms with van der Waals surface area (Å²) in [5.74, 6) is 0. The second-order valence-corrected chi connectivity index (χ2v) is 17.8. The minimum absolute atomic E-state index is 1.05. The van der Waals surface area contributed by atoms with E-state index in [0.29, 0.717) is 0 Å². The maximum atomic E-state index is 2.36. The van der Waals surface area contributed by atoms with E-state index < -0.39 is 0 Å². The summed E-state index contributed by atoms with van der Waals surface area (Å²) in [6, 6.07) is 96.3. The molecule has 4 nitrogen and oxygen atoms in total. The van der Waals surface area contributed by atoms with Crippen LogP contribution in [0.5, 0.6) is 0 Å². The molecule has 0 fully saturated rings. The zero-order chi connectivity index (χ0) is 46.6. The van der Waals surface area contributed by atoms with E-state index in [9.17, 15) is 0 Å². The van der Waals surface area contributed by atoms with Crippen molar-refractivity contribution in [2.45, 2.75) is 12.8 Å². The highest BCUT2D eigenvalue weighted by molar-refractivity contribution is 5.92. The van der Waals surface area contributed by atoms with Crippen LogP contribution in [0, 0.1) is 0 Å². The SMILES string of the molecule is C1=Cc2cc(N(c3ccccc3)c3ccc(N(c4ccc(N(c5ccccc5)c5ccc6ccccc6c5)cc4)c4ccc(N(c5ccccc5)c5ccc6ccccc6c5)cc4)cc3)ccc2CC1. The molecule has 4 heteroatoms. The molecule has 334 valence electrons. The summed E-state index contributed by atoms with van der Waals surface area (Å²) < 4.78 is 0. The molecule has 0 saturated heterocycles. The first-order valence-corrected chi connectivity index (χ1v) is 24.1. The fourth-order valence-electron chi connectivity index (χ4n) is 9.96. The van der Waals surface area contributed by atoms with Gasteiger partial charge in [-0.3, -0.25) is 0 Å². The molecule has 1 aliphatic rings. The Hall–Kier alpha value is -9.12. The highest BCUT2D eigenvalue weighted by Gasteiger charge is 2.20. The van der Waals surface area contributed by atoms with Gasteiger partial charge >= 0.3 is 0 Å². The summed E-state index contributed by atoms with van der Waals surface area (Å²) in [6.07, 6.45) is 6.71. The molecule has 0 bridgehead atoms. The van der Waals surface area contributed by atoms with E-state index in [1.165, 1.54) is 32.7 Å². The second kappa shape index (κ2) is 18.9. The van der Waals surface area contributed by atoms with Gasteiger partial charge in [-0.15, -0.1) is 0 Å². The molecule has 0 spiro atoms. The Morgan fingerprint density at radius 1 is 0.229 bits per heavy atom. The standard InChI is InChI=1S/C66H50N4/c1-4-22-55(23-5-1)68(64-31-28-49-16-10-13-19-52(49)46-64)61-40-34-58(35-41-61)67(59-36-42-62(43-37-59)69(56-24-6-2-7-25-56)65-32-29-50-17-11-14-20-53(50)47-65)60-38-44-63(45-39-60)70(57-26-8-3-9-27-57)66-33-30-51-18-12-15-21-54(51)48-66/h1-11,13-17,19-48H,12,18H2. The van der Waals surface area contributed by atoms with Crippen molar-refractivity contribution < 1.29 is 0 Å². The lowest BCUT2D eigenvalue weighted by Gasteiger charge is -2.30. The Morgan fingerprint density at radius 3 is 0.900 bits per heavy atom. The monoisotopic (exact) mass is 898 g/mol. The number of para-hydroxylation sites is 3. The van der Waals surface area contributed by atoms with Gasteiger partial charge < -0.3 is 19.6 Å². The number of fused-ring (bicyclic) bond motifs is 3. The van der Waals surface area contributed by atoms with Gasteiger partial charge in [-0.2, -0.15) is 0 Å². The zero-order valence-corrected chi connectivity index (χ0v) is 38.8. The van der Waals surface area contributed by atoms with E-state index >= 15 is 0 Å². The van der Waals surface area contributed by atoms with Crippen molar-refractivity contribution in [2.24, 2.45) is 0 Å². The fraction of sp³-hybridized carbons (Fsp3) is 0.0303. The van der Waals surface area contributed by atoms with E-state index in [0.717, 1.165) is 81.1 Å². The Bertz CT molecular complexity index is 3420. The Balaban J connectivity index is 0.957. The first-order chi connectivity index (χ1) is 34.7. The number of aryl methyl sites for hydroxylation is 1. The maximum absolute atomic E-state index is 2.36. The molecule has 0 aromatic heterocycles. The maximum Gasteiger partial charge on any atom is 0.0468 e. The smallest absolute Gasteiger partial charge is 0.0468 e. The van der Waals surface area contributed by atoms with Crippen molar-refractivity contribution >= 4 is 95.9 Å². The van der Waals surface area contributed by atoms with Gasteiger partial charge in [-0.1, -0.05) is 133 Å². The van der Waals surface area contributed by atoms with Crippen molar-refractivity contribution in [3.8, 4) is 0 Å². The van der Waals surface area contributed by atoms with Gasteiger partial charge in [0.2, 0.25) is 0 Å². The summed E-state index contributed by atoms with van der Waals surface area (Å²) in [4.78, 5) is 9.39. The van der Waals surface area contributed by atoms with Crippen molar-refractivity contribution in [3.05, 3.63) is 284 Å². The molecular weight excluding hydrogens is 849 g/mol. The van der Waals surface area contributed by atoms with Crippen LogP contribution in [0.3, 0.4) is 0 Å². The lowest BCUT2D eigenvalue weighted by atomic mass is 9.96. The number of rotatable bonds is 12. The summed E-state index contributed by atoms with van der Waals surface area (Å²) in [7, 11) is 0. The van der Waals surface area contributed by atoms with Gasteiger partial charge in [-0.25, -0.2) is 0 Å². The van der Waals surface area contributed by atoms with Gasteiger partial charge in [0, 0.05) is 68.2 Å². The molecule has 0 aliphatic heterocycles. The highest BCUT2D eigenvalue weighted by Crippen LogP contribution is 2.44. The van der Waals surface area contributed by atoms with Gasteiger partial charge in [0.25, 0.3) is 0 Å². The molecule has 1 aliphatic carbocycles. The molecule has 11 aromatic carbocycles. The van der Waals surface area contributed by atoms with Crippen LogP contribution < -0.4 is 19.6 Å².